The summed E-state index contributed by atoms with van der Waals surface area (Å²) in [6.45, 7) is 1.06. The zero-order valence-electron chi connectivity index (χ0n) is 18.3. The van der Waals surface area contributed by atoms with Crippen LogP contribution in [0.25, 0.3) is 11.5 Å². The third-order valence-corrected chi connectivity index (χ3v) is 7.95. The second kappa shape index (κ2) is 8.64. The van der Waals surface area contributed by atoms with Gasteiger partial charge < -0.3 is 14.2 Å². The molecule has 13 heteroatoms. The number of halogens is 3. The van der Waals surface area contributed by atoms with Crippen molar-refractivity contribution in [2.24, 2.45) is 0 Å². The van der Waals surface area contributed by atoms with Crippen LogP contribution in [0, 0.1) is 0 Å². The number of sulfonamides is 1. The summed E-state index contributed by atoms with van der Waals surface area (Å²) in [7, 11) is -3.86. The summed E-state index contributed by atoms with van der Waals surface area (Å²) in [5.74, 6) is -0.743. The summed E-state index contributed by atoms with van der Waals surface area (Å²) in [6.07, 6.45) is -3.29. The number of carbonyl (C=O) groups is 1. The molecule has 0 radical (unpaired) electrons. The summed E-state index contributed by atoms with van der Waals surface area (Å²) in [6, 6.07) is 11.0. The molecule has 2 aliphatic heterocycles. The lowest BCUT2D eigenvalue weighted by Crippen LogP contribution is -2.49. The monoisotopic (exact) mass is 507 g/mol. The Morgan fingerprint density at radius 2 is 1.74 bits per heavy atom. The van der Waals surface area contributed by atoms with Crippen LogP contribution >= 0.6 is 0 Å². The van der Waals surface area contributed by atoms with Crippen LogP contribution in [-0.2, 0) is 21.2 Å². The normalized spacial score (nSPS) is 17.0. The van der Waals surface area contributed by atoms with Crippen molar-refractivity contribution in [2.45, 2.75) is 17.5 Å². The molecule has 5 rings (SSSR count). The van der Waals surface area contributed by atoms with Crippen LogP contribution in [0.15, 0.2) is 58.0 Å². The van der Waals surface area contributed by atoms with Gasteiger partial charge in [-0.25, -0.2) is 8.42 Å². The molecule has 2 aliphatic rings. The Hall–Kier alpha value is -3.45. The SMILES string of the molecule is O=C(N1CCc2cc(S(=O)(=O)N3CCN(c4ccc(-c5ccco5)nn4)CC3)ccc21)C(F)(F)F. The van der Waals surface area contributed by atoms with E-state index < -0.39 is 22.1 Å². The maximum atomic E-state index is 13.2. The van der Waals surface area contributed by atoms with E-state index in [1.54, 1.807) is 30.5 Å². The minimum absolute atomic E-state index is 0.00593. The lowest BCUT2D eigenvalue weighted by atomic mass is 10.2. The number of fused-ring (bicyclic) bond motifs is 1. The highest BCUT2D eigenvalue weighted by Gasteiger charge is 2.45. The summed E-state index contributed by atoms with van der Waals surface area (Å²) < 4.78 is 71.5. The summed E-state index contributed by atoms with van der Waals surface area (Å²) in [5, 5.41) is 8.38. The van der Waals surface area contributed by atoms with Crippen molar-refractivity contribution in [3.63, 3.8) is 0 Å². The fourth-order valence-corrected chi connectivity index (χ4v) is 5.73. The number of anilines is 2. The third-order valence-electron chi connectivity index (χ3n) is 6.06. The molecular weight excluding hydrogens is 487 g/mol. The number of hydrogen-bond donors (Lipinski definition) is 0. The molecule has 35 heavy (non-hydrogen) atoms. The van der Waals surface area contributed by atoms with E-state index >= 15 is 0 Å². The predicted octanol–water partition coefficient (Wildman–Crippen LogP) is 2.70. The number of benzene rings is 1. The lowest BCUT2D eigenvalue weighted by molar-refractivity contribution is -0.170. The second-order valence-electron chi connectivity index (χ2n) is 8.14. The van der Waals surface area contributed by atoms with Crippen molar-refractivity contribution in [3.05, 3.63) is 54.3 Å². The van der Waals surface area contributed by atoms with Gasteiger partial charge in [-0.05, 0) is 54.4 Å². The fourth-order valence-electron chi connectivity index (χ4n) is 4.26. The van der Waals surface area contributed by atoms with E-state index in [1.165, 1.54) is 22.5 Å². The first-order valence-electron chi connectivity index (χ1n) is 10.8. The van der Waals surface area contributed by atoms with E-state index in [2.05, 4.69) is 10.2 Å². The maximum Gasteiger partial charge on any atom is 0.471 e. The molecule has 1 saturated heterocycles. The summed E-state index contributed by atoms with van der Waals surface area (Å²) in [4.78, 5) is 14.2. The molecule has 2 aromatic heterocycles. The van der Waals surface area contributed by atoms with Crippen LogP contribution < -0.4 is 9.80 Å². The highest BCUT2D eigenvalue weighted by Crippen LogP contribution is 2.34. The Morgan fingerprint density at radius 3 is 2.37 bits per heavy atom. The average molecular weight is 507 g/mol. The first-order valence-corrected chi connectivity index (χ1v) is 12.2. The standard InChI is InChI=1S/C22H20F3N5O4S/c23-22(24,25)21(31)30-8-7-15-14-16(3-5-18(15)30)35(32,33)29-11-9-28(10-12-29)20-6-4-17(26-27-20)19-2-1-13-34-19/h1-6,13-14H,7-12H2. The maximum absolute atomic E-state index is 13.2. The average Bonchev–Trinajstić information content (AvgIpc) is 3.53. The van der Waals surface area contributed by atoms with Crippen LogP contribution in [0.1, 0.15) is 5.56 Å². The van der Waals surface area contributed by atoms with Crippen LogP contribution in [0.3, 0.4) is 0 Å². The number of alkyl halides is 3. The van der Waals surface area contributed by atoms with Gasteiger partial charge in [-0.3, -0.25) is 4.79 Å². The van der Waals surface area contributed by atoms with Crippen molar-refractivity contribution in [3.8, 4) is 11.5 Å². The Labute approximate surface area is 198 Å². The molecule has 1 aromatic carbocycles. The number of amides is 1. The van der Waals surface area contributed by atoms with Gasteiger partial charge in [0.2, 0.25) is 10.0 Å². The van der Waals surface area contributed by atoms with Gasteiger partial charge in [0, 0.05) is 38.4 Å². The van der Waals surface area contributed by atoms with E-state index in [-0.39, 0.29) is 36.6 Å². The number of furan rings is 1. The van der Waals surface area contributed by atoms with Crippen LogP contribution in [0.2, 0.25) is 0 Å². The molecule has 1 amide bonds. The van der Waals surface area contributed by atoms with E-state index in [4.69, 9.17) is 4.42 Å². The first-order chi connectivity index (χ1) is 16.6. The minimum atomic E-state index is -4.99. The molecule has 0 spiro atoms. The second-order valence-corrected chi connectivity index (χ2v) is 10.1. The first kappa shape index (κ1) is 23.3. The minimum Gasteiger partial charge on any atom is -0.463 e. The number of aromatic nitrogens is 2. The van der Waals surface area contributed by atoms with Crippen LogP contribution in [0.4, 0.5) is 24.7 Å². The molecule has 9 nitrogen and oxygen atoms in total. The van der Waals surface area contributed by atoms with Crippen molar-refractivity contribution in [1.82, 2.24) is 14.5 Å². The largest absolute Gasteiger partial charge is 0.471 e. The molecule has 0 saturated carbocycles. The topological polar surface area (TPSA) is 99.9 Å². The molecule has 0 N–H and O–H groups in total. The number of carbonyl (C=O) groups excluding carboxylic acids is 1. The highest BCUT2D eigenvalue weighted by atomic mass is 32.2. The Morgan fingerprint density at radius 1 is 0.971 bits per heavy atom. The molecule has 0 atom stereocenters. The van der Waals surface area contributed by atoms with Gasteiger partial charge in [0.1, 0.15) is 5.69 Å². The van der Waals surface area contributed by atoms with E-state index in [9.17, 15) is 26.4 Å². The number of rotatable bonds is 4. The molecule has 3 aromatic rings. The van der Waals surface area contributed by atoms with E-state index in [0.717, 1.165) is 0 Å². The molecule has 0 aliphatic carbocycles. The quantitative estimate of drug-likeness (QED) is 0.535. The highest BCUT2D eigenvalue weighted by molar-refractivity contribution is 7.89. The fraction of sp³-hybridized carbons (Fsp3) is 0.318. The van der Waals surface area contributed by atoms with E-state index in [1.807, 2.05) is 4.90 Å². The smallest absolute Gasteiger partial charge is 0.463 e. The zero-order valence-corrected chi connectivity index (χ0v) is 19.1. The van der Waals surface area contributed by atoms with Crippen molar-refractivity contribution in [1.29, 1.82) is 0 Å². The van der Waals surface area contributed by atoms with Crippen molar-refractivity contribution in [2.75, 3.05) is 42.5 Å². The molecule has 4 heterocycles. The molecule has 184 valence electrons. The lowest BCUT2D eigenvalue weighted by Gasteiger charge is -2.34. The molecule has 0 bridgehead atoms. The Kier molecular flexibility index (Phi) is 5.75. The van der Waals surface area contributed by atoms with Crippen LogP contribution in [-0.4, -0.2) is 67.7 Å². The van der Waals surface area contributed by atoms with E-state index in [0.29, 0.717) is 40.8 Å². The van der Waals surface area contributed by atoms with Gasteiger partial charge in [-0.15, -0.1) is 10.2 Å². The Balaban J connectivity index is 1.27. The van der Waals surface area contributed by atoms with Crippen LogP contribution in [0.5, 0.6) is 0 Å². The van der Waals surface area contributed by atoms with Gasteiger partial charge >= 0.3 is 12.1 Å². The van der Waals surface area contributed by atoms with Gasteiger partial charge in [0.05, 0.1) is 11.2 Å². The zero-order chi connectivity index (χ0) is 24.8. The number of hydrogen-bond acceptors (Lipinski definition) is 7. The van der Waals surface area contributed by atoms with Crippen molar-refractivity contribution < 1.29 is 30.8 Å². The third kappa shape index (κ3) is 4.36. The number of nitrogens with zero attached hydrogens (tertiary/aromatic N) is 5. The molecular formula is C22H20F3N5O4S. The van der Waals surface area contributed by atoms with Gasteiger partial charge in [0.15, 0.2) is 11.6 Å². The van der Waals surface area contributed by atoms with Gasteiger partial charge in [-0.1, -0.05) is 0 Å². The Bertz CT molecular complexity index is 1340. The predicted molar refractivity (Wildman–Crippen MR) is 119 cm³/mol. The summed E-state index contributed by atoms with van der Waals surface area (Å²) >= 11 is 0. The summed E-state index contributed by atoms with van der Waals surface area (Å²) in [5.41, 5.74) is 1.08. The van der Waals surface area contributed by atoms with Crippen molar-refractivity contribution >= 4 is 27.4 Å². The molecule has 0 unspecified atom stereocenters. The molecule has 1 fully saturated rings. The van der Waals surface area contributed by atoms with Gasteiger partial charge in [0.25, 0.3) is 0 Å². The van der Waals surface area contributed by atoms with Gasteiger partial charge in [-0.2, -0.15) is 17.5 Å². The number of piperazine rings is 1.